The molecule has 0 aliphatic carbocycles. The largest absolute Gasteiger partial charge is 0.310 e. The summed E-state index contributed by atoms with van der Waals surface area (Å²) in [7, 11) is 0. The Kier molecular flexibility index (Phi) is 9.78. The van der Waals surface area contributed by atoms with Gasteiger partial charge in [-0.15, -0.1) is 0 Å². The third-order valence-electron chi connectivity index (χ3n) is 4.01. The summed E-state index contributed by atoms with van der Waals surface area (Å²) in [6.45, 7) is 7.57. The highest BCUT2D eigenvalue weighted by atomic mass is 35.5. The van der Waals surface area contributed by atoms with Crippen LogP contribution in [0, 0.1) is 6.92 Å². The molecule has 0 heterocycles. The van der Waals surface area contributed by atoms with Gasteiger partial charge < -0.3 is 5.32 Å². The molecule has 0 aromatic heterocycles. The molecule has 0 aliphatic rings. The summed E-state index contributed by atoms with van der Waals surface area (Å²) in [6, 6.07) is 6.86. The Morgan fingerprint density at radius 2 is 1.62 bits per heavy atom. The van der Waals surface area contributed by atoms with Crippen LogP contribution in [0.1, 0.15) is 82.4 Å². The van der Waals surface area contributed by atoms with Crippen LogP contribution in [0.3, 0.4) is 0 Å². The van der Waals surface area contributed by atoms with Crippen molar-refractivity contribution in [3.05, 3.63) is 34.3 Å². The van der Waals surface area contributed by atoms with E-state index in [2.05, 4.69) is 38.2 Å². The molecule has 1 N–H and O–H groups in total. The molecule has 2 heteroatoms. The van der Waals surface area contributed by atoms with Gasteiger partial charge in [-0.2, -0.15) is 0 Å². The van der Waals surface area contributed by atoms with E-state index in [-0.39, 0.29) is 0 Å². The van der Waals surface area contributed by atoms with E-state index in [1.165, 1.54) is 62.5 Å². The lowest BCUT2D eigenvalue weighted by atomic mass is 9.98. The van der Waals surface area contributed by atoms with Crippen LogP contribution in [-0.2, 0) is 0 Å². The molecule has 120 valence electrons. The summed E-state index contributed by atoms with van der Waals surface area (Å²) in [4.78, 5) is 0. The van der Waals surface area contributed by atoms with E-state index in [1.54, 1.807) is 0 Å². The topological polar surface area (TPSA) is 12.0 Å². The van der Waals surface area contributed by atoms with E-state index in [0.29, 0.717) is 6.04 Å². The molecule has 0 saturated carbocycles. The zero-order valence-electron chi connectivity index (χ0n) is 14.1. The first-order chi connectivity index (χ1) is 10.2. The average molecular weight is 310 g/mol. The maximum Gasteiger partial charge on any atom is 0.0411 e. The SMILES string of the molecule is CCCCCCCCCC(NCC)c1cc(C)cc(Cl)c1. The van der Waals surface area contributed by atoms with Crippen molar-refractivity contribution in [2.75, 3.05) is 6.54 Å². The number of hydrogen-bond acceptors (Lipinski definition) is 1. The molecular formula is C19H32ClN. The van der Waals surface area contributed by atoms with Gasteiger partial charge >= 0.3 is 0 Å². The normalized spacial score (nSPS) is 12.6. The van der Waals surface area contributed by atoms with E-state index in [1.807, 2.05) is 6.07 Å². The Morgan fingerprint density at radius 1 is 0.952 bits per heavy atom. The standard InChI is InChI=1S/C19H32ClN/c1-4-6-7-8-9-10-11-12-19(21-5-2)17-13-16(3)14-18(20)15-17/h13-15,19,21H,4-12H2,1-3H3. The van der Waals surface area contributed by atoms with E-state index in [9.17, 15) is 0 Å². The number of hydrogen-bond donors (Lipinski definition) is 1. The van der Waals surface area contributed by atoms with E-state index in [0.717, 1.165) is 11.6 Å². The Labute approximate surface area is 136 Å². The molecule has 0 radical (unpaired) electrons. The van der Waals surface area contributed by atoms with Crippen molar-refractivity contribution >= 4 is 11.6 Å². The Morgan fingerprint density at radius 3 is 2.24 bits per heavy atom. The number of nitrogens with one attached hydrogen (secondary N) is 1. The smallest absolute Gasteiger partial charge is 0.0411 e. The molecule has 0 bridgehead atoms. The molecule has 21 heavy (non-hydrogen) atoms. The van der Waals surface area contributed by atoms with Gasteiger partial charge in [0.05, 0.1) is 0 Å². The number of rotatable bonds is 11. The quantitative estimate of drug-likeness (QED) is 0.464. The number of aryl methyl sites for hydroxylation is 1. The van der Waals surface area contributed by atoms with Crippen molar-refractivity contribution in [1.29, 1.82) is 0 Å². The molecule has 0 spiro atoms. The Hall–Kier alpha value is -0.530. The van der Waals surface area contributed by atoms with Crippen LogP contribution in [0.25, 0.3) is 0 Å². The molecule has 1 unspecified atom stereocenters. The van der Waals surface area contributed by atoms with E-state index >= 15 is 0 Å². The minimum atomic E-state index is 0.447. The summed E-state index contributed by atoms with van der Waals surface area (Å²) in [5, 5.41) is 4.46. The van der Waals surface area contributed by atoms with E-state index in [4.69, 9.17) is 11.6 Å². The van der Waals surface area contributed by atoms with Gasteiger partial charge in [0.25, 0.3) is 0 Å². The lowest BCUT2D eigenvalue weighted by Gasteiger charge is -2.19. The van der Waals surface area contributed by atoms with Gasteiger partial charge in [-0.25, -0.2) is 0 Å². The third kappa shape index (κ3) is 7.87. The van der Waals surface area contributed by atoms with Gasteiger partial charge in [-0.05, 0) is 43.1 Å². The second-order valence-corrected chi connectivity index (χ2v) is 6.52. The van der Waals surface area contributed by atoms with Crippen molar-refractivity contribution in [3.8, 4) is 0 Å². The summed E-state index contributed by atoms with van der Waals surface area (Å²) in [5.74, 6) is 0. The highest BCUT2D eigenvalue weighted by molar-refractivity contribution is 6.30. The summed E-state index contributed by atoms with van der Waals surface area (Å²) < 4.78 is 0. The first kappa shape index (κ1) is 18.5. The maximum atomic E-state index is 6.20. The Bertz CT molecular complexity index is 369. The molecule has 1 rings (SSSR count). The summed E-state index contributed by atoms with van der Waals surface area (Å²) >= 11 is 6.20. The zero-order valence-corrected chi connectivity index (χ0v) is 14.8. The van der Waals surface area contributed by atoms with Crippen LogP contribution in [0.5, 0.6) is 0 Å². The minimum Gasteiger partial charge on any atom is -0.310 e. The molecule has 1 aromatic carbocycles. The first-order valence-corrected chi connectivity index (χ1v) is 9.05. The second-order valence-electron chi connectivity index (χ2n) is 6.08. The summed E-state index contributed by atoms with van der Waals surface area (Å²) in [5.41, 5.74) is 2.59. The summed E-state index contributed by atoms with van der Waals surface area (Å²) in [6.07, 6.45) is 10.8. The predicted octanol–water partition coefficient (Wildman–Crippen LogP) is 6.44. The van der Waals surface area contributed by atoms with Gasteiger partial charge in [0, 0.05) is 11.1 Å². The van der Waals surface area contributed by atoms with Crippen molar-refractivity contribution in [1.82, 2.24) is 5.32 Å². The maximum absolute atomic E-state index is 6.20. The molecule has 0 fully saturated rings. The highest BCUT2D eigenvalue weighted by Crippen LogP contribution is 2.24. The van der Waals surface area contributed by atoms with Crippen LogP contribution in [0.15, 0.2) is 18.2 Å². The van der Waals surface area contributed by atoms with Crippen molar-refractivity contribution in [2.24, 2.45) is 0 Å². The average Bonchev–Trinajstić information content (AvgIpc) is 2.44. The van der Waals surface area contributed by atoms with Gasteiger partial charge in [0.2, 0.25) is 0 Å². The fourth-order valence-electron chi connectivity index (χ4n) is 2.90. The van der Waals surface area contributed by atoms with Crippen molar-refractivity contribution < 1.29 is 0 Å². The van der Waals surface area contributed by atoms with Gasteiger partial charge in [0.1, 0.15) is 0 Å². The van der Waals surface area contributed by atoms with Crippen LogP contribution in [0.2, 0.25) is 5.02 Å². The molecule has 0 amide bonds. The molecule has 1 aromatic rings. The first-order valence-electron chi connectivity index (χ1n) is 8.67. The molecule has 0 aliphatic heterocycles. The van der Waals surface area contributed by atoms with Gasteiger partial charge in [0.15, 0.2) is 0 Å². The van der Waals surface area contributed by atoms with E-state index < -0.39 is 0 Å². The number of halogens is 1. The minimum absolute atomic E-state index is 0.447. The number of benzene rings is 1. The zero-order chi connectivity index (χ0) is 15.5. The van der Waals surface area contributed by atoms with Crippen LogP contribution in [-0.4, -0.2) is 6.54 Å². The Balaban J connectivity index is 2.39. The fourth-order valence-corrected chi connectivity index (χ4v) is 3.20. The molecule has 0 saturated heterocycles. The molecule has 1 atom stereocenters. The lowest BCUT2D eigenvalue weighted by Crippen LogP contribution is -2.21. The van der Waals surface area contributed by atoms with Crippen LogP contribution < -0.4 is 5.32 Å². The predicted molar refractivity (Wildman–Crippen MR) is 95.2 cm³/mol. The fraction of sp³-hybridized carbons (Fsp3) is 0.684. The lowest BCUT2D eigenvalue weighted by molar-refractivity contribution is 0.475. The molecular weight excluding hydrogens is 278 g/mol. The van der Waals surface area contributed by atoms with Gasteiger partial charge in [-0.3, -0.25) is 0 Å². The second kappa shape index (κ2) is 11.1. The van der Waals surface area contributed by atoms with Crippen LogP contribution >= 0.6 is 11.6 Å². The van der Waals surface area contributed by atoms with Crippen LogP contribution in [0.4, 0.5) is 0 Å². The molecule has 1 nitrogen and oxygen atoms in total. The van der Waals surface area contributed by atoms with Crippen molar-refractivity contribution in [3.63, 3.8) is 0 Å². The van der Waals surface area contributed by atoms with Crippen molar-refractivity contribution in [2.45, 2.75) is 78.2 Å². The van der Waals surface area contributed by atoms with Gasteiger partial charge in [-0.1, -0.05) is 76.5 Å². The third-order valence-corrected chi connectivity index (χ3v) is 4.23. The number of unbranched alkanes of at least 4 members (excludes halogenated alkanes) is 6. The highest BCUT2D eigenvalue weighted by Gasteiger charge is 2.11. The monoisotopic (exact) mass is 309 g/mol.